The molecule has 18 heavy (non-hydrogen) atoms. The molecule has 0 aliphatic carbocycles. The molecule has 1 heterocycles. The Morgan fingerprint density at radius 1 is 1.39 bits per heavy atom. The van der Waals surface area contributed by atoms with E-state index in [0.29, 0.717) is 5.92 Å². The fourth-order valence-corrected chi connectivity index (χ4v) is 2.26. The van der Waals surface area contributed by atoms with Gasteiger partial charge in [0.15, 0.2) is 0 Å². The molecule has 0 amide bonds. The predicted octanol–water partition coefficient (Wildman–Crippen LogP) is 1.78. The van der Waals surface area contributed by atoms with Gasteiger partial charge < -0.3 is 15.0 Å². The minimum atomic E-state index is 0.604. The highest BCUT2D eigenvalue weighted by Gasteiger charge is 2.18. The number of nitrogens with zero attached hydrogens (tertiary/aromatic N) is 1. The van der Waals surface area contributed by atoms with E-state index in [9.17, 15) is 0 Å². The number of benzene rings is 1. The van der Waals surface area contributed by atoms with E-state index in [1.165, 1.54) is 5.56 Å². The SMILES string of the molecule is CCN(C)CCNCC1COc2ccccc2C1. The molecule has 0 fully saturated rings. The molecular formula is C15H24N2O. The Kier molecular flexibility index (Phi) is 5.02. The lowest BCUT2D eigenvalue weighted by atomic mass is 9.97. The highest BCUT2D eigenvalue weighted by molar-refractivity contribution is 5.35. The van der Waals surface area contributed by atoms with E-state index in [1.807, 2.05) is 6.07 Å². The summed E-state index contributed by atoms with van der Waals surface area (Å²) in [7, 11) is 2.15. The lowest BCUT2D eigenvalue weighted by Gasteiger charge is -2.25. The van der Waals surface area contributed by atoms with Crippen molar-refractivity contribution >= 4 is 0 Å². The fourth-order valence-electron chi connectivity index (χ4n) is 2.26. The second kappa shape index (κ2) is 6.76. The normalized spacial score (nSPS) is 18.5. The van der Waals surface area contributed by atoms with Gasteiger partial charge in [0, 0.05) is 25.6 Å². The Balaban J connectivity index is 1.70. The standard InChI is InChI=1S/C15H24N2O/c1-3-17(2)9-8-16-11-13-10-14-6-4-5-7-15(14)18-12-13/h4-7,13,16H,3,8-12H2,1-2H3. The Bertz CT molecular complexity index is 367. The van der Waals surface area contributed by atoms with Crippen LogP contribution in [0.1, 0.15) is 12.5 Å². The molecule has 1 unspecified atom stereocenters. The molecular weight excluding hydrogens is 224 g/mol. The predicted molar refractivity (Wildman–Crippen MR) is 75.2 cm³/mol. The Morgan fingerprint density at radius 3 is 3.06 bits per heavy atom. The topological polar surface area (TPSA) is 24.5 Å². The molecule has 2 rings (SSSR count). The maximum atomic E-state index is 5.78. The molecule has 1 aromatic carbocycles. The van der Waals surface area contributed by atoms with Crippen LogP contribution in [0.4, 0.5) is 0 Å². The van der Waals surface area contributed by atoms with Gasteiger partial charge in [0.05, 0.1) is 6.61 Å². The number of ether oxygens (including phenoxy) is 1. The van der Waals surface area contributed by atoms with Crippen molar-refractivity contribution < 1.29 is 4.74 Å². The molecule has 100 valence electrons. The van der Waals surface area contributed by atoms with Crippen molar-refractivity contribution in [1.29, 1.82) is 0 Å². The number of rotatable bonds is 6. The molecule has 3 heteroatoms. The van der Waals surface area contributed by atoms with Gasteiger partial charge in [-0.2, -0.15) is 0 Å². The first-order valence-corrected chi connectivity index (χ1v) is 6.89. The van der Waals surface area contributed by atoms with Crippen LogP contribution in [-0.4, -0.2) is 44.7 Å². The molecule has 1 N–H and O–H groups in total. The molecule has 1 aliphatic heterocycles. The van der Waals surface area contributed by atoms with Gasteiger partial charge in [-0.05, 0) is 31.6 Å². The number of nitrogens with one attached hydrogen (secondary N) is 1. The van der Waals surface area contributed by atoms with Crippen molar-refractivity contribution in [3.63, 3.8) is 0 Å². The first-order valence-electron chi connectivity index (χ1n) is 6.89. The van der Waals surface area contributed by atoms with E-state index in [2.05, 4.69) is 42.4 Å². The average molecular weight is 248 g/mol. The highest BCUT2D eigenvalue weighted by Crippen LogP contribution is 2.26. The van der Waals surface area contributed by atoms with Crippen LogP contribution in [-0.2, 0) is 6.42 Å². The van der Waals surface area contributed by atoms with Gasteiger partial charge in [-0.25, -0.2) is 0 Å². The molecule has 1 aromatic rings. The van der Waals surface area contributed by atoms with Crippen LogP contribution >= 0.6 is 0 Å². The molecule has 1 aliphatic rings. The van der Waals surface area contributed by atoms with Gasteiger partial charge in [0.2, 0.25) is 0 Å². The zero-order chi connectivity index (χ0) is 12.8. The highest BCUT2D eigenvalue weighted by atomic mass is 16.5. The minimum Gasteiger partial charge on any atom is -0.493 e. The third-order valence-corrected chi connectivity index (χ3v) is 3.60. The van der Waals surface area contributed by atoms with Crippen LogP contribution in [0, 0.1) is 5.92 Å². The van der Waals surface area contributed by atoms with Crippen LogP contribution in [0.5, 0.6) is 5.75 Å². The summed E-state index contributed by atoms with van der Waals surface area (Å²) in [5.74, 6) is 1.67. The summed E-state index contributed by atoms with van der Waals surface area (Å²) in [5, 5.41) is 3.53. The van der Waals surface area contributed by atoms with E-state index in [-0.39, 0.29) is 0 Å². The van der Waals surface area contributed by atoms with Gasteiger partial charge in [-0.3, -0.25) is 0 Å². The number of fused-ring (bicyclic) bond motifs is 1. The number of likely N-dealkylation sites (N-methyl/N-ethyl adjacent to an activating group) is 1. The van der Waals surface area contributed by atoms with Crippen molar-refractivity contribution in [3.8, 4) is 5.75 Å². The van der Waals surface area contributed by atoms with Gasteiger partial charge in [-0.15, -0.1) is 0 Å². The second-order valence-electron chi connectivity index (χ2n) is 5.09. The first-order chi connectivity index (χ1) is 8.79. The van der Waals surface area contributed by atoms with Crippen molar-refractivity contribution in [2.45, 2.75) is 13.3 Å². The van der Waals surface area contributed by atoms with Gasteiger partial charge in [0.1, 0.15) is 5.75 Å². The number of para-hydroxylation sites is 1. The summed E-state index contributed by atoms with van der Waals surface area (Å²) in [4.78, 5) is 2.32. The van der Waals surface area contributed by atoms with Crippen LogP contribution < -0.4 is 10.1 Å². The second-order valence-corrected chi connectivity index (χ2v) is 5.09. The van der Waals surface area contributed by atoms with Gasteiger partial charge in [0.25, 0.3) is 0 Å². The van der Waals surface area contributed by atoms with E-state index in [0.717, 1.165) is 45.0 Å². The smallest absolute Gasteiger partial charge is 0.122 e. The third-order valence-electron chi connectivity index (χ3n) is 3.60. The molecule has 0 bridgehead atoms. The summed E-state index contributed by atoms with van der Waals surface area (Å²) in [6.07, 6.45) is 1.13. The molecule has 0 radical (unpaired) electrons. The third kappa shape index (κ3) is 3.72. The number of hydrogen-bond donors (Lipinski definition) is 1. The Labute approximate surface area is 110 Å². The van der Waals surface area contributed by atoms with E-state index < -0.39 is 0 Å². The van der Waals surface area contributed by atoms with Crippen molar-refractivity contribution in [2.24, 2.45) is 5.92 Å². The van der Waals surface area contributed by atoms with Crippen molar-refractivity contribution in [3.05, 3.63) is 29.8 Å². The molecule has 1 atom stereocenters. The van der Waals surface area contributed by atoms with Crippen LogP contribution in [0.2, 0.25) is 0 Å². The van der Waals surface area contributed by atoms with Crippen LogP contribution in [0.15, 0.2) is 24.3 Å². The monoisotopic (exact) mass is 248 g/mol. The molecule has 3 nitrogen and oxygen atoms in total. The van der Waals surface area contributed by atoms with E-state index >= 15 is 0 Å². The van der Waals surface area contributed by atoms with Gasteiger partial charge >= 0.3 is 0 Å². The zero-order valence-corrected chi connectivity index (χ0v) is 11.5. The summed E-state index contributed by atoms with van der Waals surface area (Å²) >= 11 is 0. The molecule has 0 saturated carbocycles. The largest absolute Gasteiger partial charge is 0.493 e. The quantitative estimate of drug-likeness (QED) is 0.777. The molecule has 0 spiro atoms. The maximum absolute atomic E-state index is 5.78. The van der Waals surface area contributed by atoms with E-state index in [4.69, 9.17) is 4.74 Å². The average Bonchev–Trinajstić information content (AvgIpc) is 2.43. The summed E-state index contributed by atoms with van der Waals surface area (Å²) in [5.41, 5.74) is 1.35. The van der Waals surface area contributed by atoms with Crippen LogP contribution in [0.3, 0.4) is 0 Å². The maximum Gasteiger partial charge on any atom is 0.122 e. The summed E-state index contributed by atoms with van der Waals surface area (Å²) in [6, 6.07) is 8.37. The Morgan fingerprint density at radius 2 is 2.22 bits per heavy atom. The van der Waals surface area contributed by atoms with Crippen LogP contribution in [0.25, 0.3) is 0 Å². The lowest BCUT2D eigenvalue weighted by Crippen LogP contribution is -2.35. The summed E-state index contributed by atoms with van der Waals surface area (Å²) in [6.45, 7) is 7.36. The first kappa shape index (κ1) is 13.4. The molecule has 0 saturated heterocycles. The molecule has 0 aromatic heterocycles. The number of hydrogen-bond acceptors (Lipinski definition) is 3. The zero-order valence-electron chi connectivity index (χ0n) is 11.5. The lowest BCUT2D eigenvalue weighted by molar-refractivity contribution is 0.216. The Hall–Kier alpha value is -1.06. The minimum absolute atomic E-state index is 0.604. The fraction of sp³-hybridized carbons (Fsp3) is 0.600. The van der Waals surface area contributed by atoms with Crippen molar-refractivity contribution in [2.75, 3.05) is 39.8 Å². The van der Waals surface area contributed by atoms with Gasteiger partial charge in [-0.1, -0.05) is 25.1 Å². The van der Waals surface area contributed by atoms with Crippen molar-refractivity contribution in [1.82, 2.24) is 10.2 Å². The summed E-state index contributed by atoms with van der Waals surface area (Å²) < 4.78 is 5.78. The van der Waals surface area contributed by atoms with E-state index in [1.54, 1.807) is 0 Å².